The van der Waals surface area contributed by atoms with E-state index in [2.05, 4.69) is 20.8 Å². The van der Waals surface area contributed by atoms with Gasteiger partial charge in [0.15, 0.2) is 5.82 Å². The summed E-state index contributed by atoms with van der Waals surface area (Å²) in [7, 11) is 0. The number of nitrogens with zero attached hydrogens (tertiary/aromatic N) is 2. The SMILES string of the molecule is CC(C)(C)c1ccc(NC(=O)NCC(O)C(C)(C)C)nn1. The number of hydrogen-bond acceptors (Lipinski definition) is 4. The van der Waals surface area contributed by atoms with Crippen LogP contribution >= 0.6 is 0 Å². The van der Waals surface area contributed by atoms with E-state index in [1.807, 2.05) is 47.6 Å². The van der Waals surface area contributed by atoms with E-state index >= 15 is 0 Å². The lowest BCUT2D eigenvalue weighted by molar-refractivity contribution is 0.0654. The third-order valence-corrected chi connectivity index (χ3v) is 3.13. The number of nitrogens with one attached hydrogen (secondary N) is 2. The summed E-state index contributed by atoms with van der Waals surface area (Å²) in [5.41, 5.74) is 0.503. The van der Waals surface area contributed by atoms with Gasteiger partial charge in [-0.05, 0) is 17.5 Å². The number of rotatable bonds is 3. The maximum atomic E-state index is 11.7. The number of carbonyl (C=O) groups is 1. The van der Waals surface area contributed by atoms with Gasteiger partial charge in [0.2, 0.25) is 0 Å². The molecule has 0 fully saturated rings. The second kappa shape index (κ2) is 6.39. The molecule has 6 nitrogen and oxygen atoms in total. The summed E-state index contributed by atoms with van der Waals surface area (Å²) in [6.07, 6.45) is -0.613. The molecular formula is C15H26N4O2. The largest absolute Gasteiger partial charge is 0.391 e. The van der Waals surface area contributed by atoms with Crippen LogP contribution in [0.2, 0.25) is 0 Å². The molecule has 0 aliphatic carbocycles. The van der Waals surface area contributed by atoms with Crippen molar-refractivity contribution in [2.24, 2.45) is 5.41 Å². The molecule has 118 valence electrons. The fraction of sp³-hybridized carbons (Fsp3) is 0.667. The van der Waals surface area contributed by atoms with E-state index in [9.17, 15) is 9.90 Å². The Bertz CT molecular complexity index is 472. The predicted molar refractivity (Wildman–Crippen MR) is 83.2 cm³/mol. The molecule has 0 saturated carbocycles. The minimum atomic E-state index is -0.613. The summed E-state index contributed by atoms with van der Waals surface area (Å²) in [5.74, 6) is 0.380. The molecule has 21 heavy (non-hydrogen) atoms. The van der Waals surface area contributed by atoms with Gasteiger partial charge in [0.25, 0.3) is 0 Å². The van der Waals surface area contributed by atoms with Gasteiger partial charge in [-0.1, -0.05) is 41.5 Å². The molecule has 0 saturated heterocycles. The average molecular weight is 294 g/mol. The normalized spacial score (nSPS) is 13.7. The molecule has 0 aliphatic rings. The number of anilines is 1. The Morgan fingerprint density at radius 1 is 1.19 bits per heavy atom. The van der Waals surface area contributed by atoms with E-state index in [1.54, 1.807) is 6.07 Å². The zero-order chi connectivity index (χ0) is 16.3. The van der Waals surface area contributed by atoms with Gasteiger partial charge in [-0.25, -0.2) is 4.79 Å². The van der Waals surface area contributed by atoms with Crippen LogP contribution in [0.5, 0.6) is 0 Å². The molecule has 1 aromatic heterocycles. The highest BCUT2D eigenvalue weighted by molar-refractivity contribution is 5.88. The van der Waals surface area contributed by atoms with Crippen molar-refractivity contribution in [1.29, 1.82) is 0 Å². The number of aliphatic hydroxyl groups excluding tert-OH is 1. The van der Waals surface area contributed by atoms with Crippen molar-refractivity contribution in [1.82, 2.24) is 15.5 Å². The van der Waals surface area contributed by atoms with E-state index in [1.165, 1.54) is 0 Å². The lowest BCUT2D eigenvalue weighted by atomic mass is 9.89. The first-order valence-electron chi connectivity index (χ1n) is 7.07. The molecule has 0 bridgehead atoms. The maximum Gasteiger partial charge on any atom is 0.320 e. The van der Waals surface area contributed by atoms with E-state index in [0.29, 0.717) is 5.82 Å². The Morgan fingerprint density at radius 3 is 2.24 bits per heavy atom. The van der Waals surface area contributed by atoms with Crippen molar-refractivity contribution in [3.05, 3.63) is 17.8 Å². The molecule has 6 heteroatoms. The molecular weight excluding hydrogens is 268 g/mol. The smallest absolute Gasteiger partial charge is 0.320 e. The Kier molecular flexibility index (Phi) is 5.28. The van der Waals surface area contributed by atoms with Gasteiger partial charge in [-0.3, -0.25) is 5.32 Å². The van der Waals surface area contributed by atoms with Crippen molar-refractivity contribution < 1.29 is 9.90 Å². The van der Waals surface area contributed by atoms with E-state index < -0.39 is 12.1 Å². The third-order valence-electron chi connectivity index (χ3n) is 3.13. The number of amides is 2. The van der Waals surface area contributed by atoms with Gasteiger partial charge in [-0.15, -0.1) is 5.10 Å². The molecule has 1 heterocycles. The zero-order valence-corrected chi connectivity index (χ0v) is 13.7. The standard InChI is InChI=1S/C15H26N4O2/c1-14(2,3)10-7-8-12(19-18-10)17-13(21)16-9-11(20)15(4,5)6/h7-8,11,20H,9H2,1-6H3,(H2,16,17,19,21). The number of carbonyl (C=O) groups excluding carboxylic acids is 1. The molecule has 1 unspecified atom stereocenters. The quantitative estimate of drug-likeness (QED) is 0.798. The van der Waals surface area contributed by atoms with Crippen LogP contribution in [-0.4, -0.2) is 34.0 Å². The van der Waals surface area contributed by atoms with E-state index in [4.69, 9.17) is 0 Å². The number of hydrogen-bond donors (Lipinski definition) is 3. The summed E-state index contributed by atoms with van der Waals surface area (Å²) in [6, 6.07) is 3.15. The lowest BCUT2D eigenvalue weighted by Crippen LogP contribution is -2.41. The second-order valence-electron chi connectivity index (χ2n) is 7.27. The van der Waals surface area contributed by atoms with Crippen LogP contribution in [0, 0.1) is 5.41 Å². The molecule has 3 N–H and O–H groups in total. The van der Waals surface area contributed by atoms with Crippen molar-refractivity contribution in [2.45, 2.75) is 53.1 Å². The highest BCUT2D eigenvalue weighted by Gasteiger charge is 2.22. The molecule has 1 rings (SSSR count). The summed E-state index contributed by atoms with van der Waals surface area (Å²) in [4.78, 5) is 11.7. The van der Waals surface area contributed by atoms with Gasteiger partial charge >= 0.3 is 6.03 Å². The zero-order valence-electron chi connectivity index (χ0n) is 13.7. The Labute approximate surface area is 126 Å². The third kappa shape index (κ3) is 5.67. The maximum absolute atomic E-state index is 11.7. The van der Waals surface area contributed by atoms with Crippen molar-refractivity contribution in [2.75, 3.05) is 11.9 Å². The van der Waals surface area contributed by atoms with Gasteiger partial charge in [0.1, 0.15) is 0 Å². The molecule has 1 aromatic rings. The summed E-state index contributed by atoms with van der Waals surface area (Å²) >= 11 is 0. The monoisotopic (exact) mass is 294 g/mol. The minimum absolute atomic E-state index is 0.0788. The fourth-order valence-corrected chi connectivity index (χ4v) is 1.46. The molecule has 0 radical (unpaired) electrons. The molecule has 2 amide bonds. The Morgan fingerprint density at radius 2 is 1.81 bits per heavy atom. The van der Waals surface area contributed by atoms with Crippen LogP contribution in [0.15, 0.2) is 12.1 Å². The minimum Gasteiger partial charge on any atom is -0.391 e. The van der Waals surface area contributed by atoms with Crippen molar-refractivity contribution >= 4 is 11.8 Å². The van der Waals surface area contributed by atoms with Crippen LogP contribution < -0.4 is 10.6 Å². The molecule has 0 aromatic carbocycles. The van der Waals surface area contributed by atoms with E-state index in [-0.39, 0.29) is 17.4 Å². The summed E-state index contributed by atoms with van der Waals surface area (Å²) in [6.45, 7) is 12.1. The first-order valence-corrected chi connectivity index (χ1v) is 7.07. The van der Waals surface area contributed by atoms with Crippen LogP contribution in [0.25, 0.3) is 0 Å². The summed E-state index contributed by atoms with van der Waals surface area (Å²) < 4.78 is 0. The van der Waals surface area contributed by atoms with Gasteiger partial charge in [0, 0.05) is 12.0 Å². The fourth-order valence-electron chi connectivity index (χ4n) is 1.46. The summed E-state index contributed by atoms with van der Waals surface area (Å²) in [5, 5.41) is 23.1. The number of aliphatic hydroxyl groups is 1. The first-order chi connectivity index (χ1) is 9.50. The van der Waals surface area contributed by atoms with Gasteiger partial charge < -0.3 is 10.4 Å². The topological polar surface area (TPSA) is 87.1 Å². The van der Waals surface area contributed by atoms with E-state index in [0.717, 1.165) is 5.69 Å². The van der Waals surface area contributed by atoms with Crippen LogP contribution in [0.1, 0.15) is 47.2 Å². The highest BCUT2D eigenvalue weighted by atomic mass is 16.3. The van der Waals surface area contributed by atoms with Crippen LogP contribution in [-0.2, 0) is 5.41 Å². The molecule has 0 spiro atoms. The van der Waals surface area contributed by atoms with Crippen molar-refractivity contribution in [3.8, 4) is 0 Å². The van der Waals surface area contributed by atoms with Gasteiger partial charge in [-0.2, -0.15) is 5.10 Å². The first kappa shape index (κ1) is 17.4. The Hall–Kier alpha value is -1.69. The second-order valence-corrected chi connectivity index (χ2v) is 7.27. The van der Waals surface area contributed by atoms with Crippen LogP contribution in [0.4, 0.5) is 10.6 Å². The van der Waals surface area contributed by atoms with Gasteiger partial charge in [0.05, 0.1) is 11.8 Å². The number of urea groups is 1. The van der Waals surface area contributed by atoms with Crippen molar-refractivity contribution in [3.63, 3.8) is 0 Å². The number of aromatic nitrogens is 2. The lowest BCUT2D eigenvalue weighted by Gasteiger charge is -2.25. The molecule has 1 atom stereocenters. The highest BCUT2D eigenvalue weighted by Crippen LogP contribution is 2.20. The Balaban J connectivity index is 2.52. The molecule has 0 aliphatic heterocycles. The average Bonchev–Trinajstić information content (AvgIpc) is 2.34. The van der Waals surface area contributed by atoms with Crippen LogP contribution in [0.3, 0.4) is 0 Å². The predicted octanol–water partition coefficient (Wildman–Crippen LogP) is 2.30.